The van der Waals surface area contributed by atoms with Gasteiger partial charge in [-0.05, 0) is 24.7 Å². The van der Waals surface area contributed by atoms with Crippen LogP contribution in [-0.4, -0.2) is 35.2 Å². The fourth-order valence-corrected chi connectivity index (χ4v) is 2.10. The highest BCUT2D eigenvalue weighted by Gasteiger charge is 2.20. The molecular weight excluding hydrogens is 198 g/mol. The molecule has 0 amide bonds. The predicted molar refractivity (Wildman–Crippen MR) is 71.6 cm³/mol. The normalized spacial score (nSPS) is 14.4. The van der Waals surface area contributed by atoms with Crippen molar-refractivity contribution in [1.82, 2.24) is 4.90 Å². The minimum absolute atomic E-state index is 0.195. The van der Waals surface area contributed by atoms with Crippen LogP contribution in [-0.2, 0) is 0 Å². The van der Waals surface area contributed by atoms with Gasteiger partial charge in [-0.15, -0.1) is 0 Å². The molecule has 0 aromatic heterocycles. The lowest BCUT2D eigenvalue weighted by Gasteiger charge is -2.34. The van der Waals surface area contributed by atoms with E-state index in [9.17, 15) is 5.11 Å². The molecule has 2 nitrogen and oxygen atoms in total. The molecular formula is C14H31NO. The van der Waals surface area contributed by atoms with Gasteiger partial charge in [-0.2, -0.15) is 0 Å². The van der Waals surface area contributed by atoms with E-state index < -0.39 is 0 Å². The number of aliphatic hydroxyl groups is 1. The molecule has 0 aromatic rings. The number of hydrogen-bond donors (Lipinski definition) is 1. The fraction of sp³-hybridized carbons (Fsp3) is 1.00. The smallest absolute Gasteiger partial charge is 0.0690 e. The summed E-state index contributed by atoms with van der Waals surface area (Å²) in [6.07, 6.45) is 2.15. The topological polar surface area (TPSA) is 23.5 Å². The third kappa shape index (κ3) is 5.86. The van der Waals surface area contributed by atoms with Gasteiger partial charge in [0.1, 0.15) is 0 Å². The molecule has 0 radical (unpaired) electrons. The van der Waals surface area contributed by atoms with Crippen molar-refractivity contribution >= 4 is 0 Å². The minimum Gasteiger partial charge on any atom is -0.392 e. The van der Waals surface area contributed by atoms with Crippen LogP contribution < -0.4 is 0 Å². The molecule has 0 fully saturated rings. The van der Waals surface area contributed by atoms with Crippen LogP contribution >= 0.6 is 0 Å². The van der Waals surface area contributed by atoms with E-state index in [4.69, 9.17) is 0 Å². The first-order valence-corrected chi connectivity index (χ1v) is 6.84. The molecule has 0 aliphatic carbocycles. The van der Waals surface area contributed by atoms with Gasteiger partial charge in [0.25, 0.3) is 0 Å². The first kappa shape index (κ1) is 15.9. The van der Waals surface area contributed by atoms with Crippen LogP contribution in [0.15, 0.2) is 0 Å². The maximum absolute atomic E-state index is 10.0. The zero-order valence-electron chi connectivity index (χ0n) is 12.0. The average Bonchev–Trinajstić information content (AvgIpc) is 2.18. The van der Waals surface area contributed by atoms with Crippen LogP contribution in [0.2, 0.25) is 0 Å². The molecule has 16 heavy (non-hydrogen) atoms. The molecule has 98 valence electrons. The Balaban J connectivity index is 4.40. The van der Waals surface area contributed by atoms with Crippen LogP contribution in [0.3, 0.4) is 0 Å². The van der Waals surface area contributed by atoms with Crippen molar-refractivity contribution in [2.24, 2.45) is 11.8 Å². The average molecular weight is 229 g/mol. The summed E-state index contributed by atoms with van der Waals surface area (Å²) in [5.74, 6) is 1.02. The van der Waals surface area contributed by atoms with Crippen molar-refractivity contribution in [2.45, 2.75) is 66.5 Å². The van der Waals surface area contributed by atoms with E-state index in [1.807, 2.05) is 0 Å². The van der Waals surface area contributed by atoms with Gasteiger partial charge < -0.3 is 5.11 Å². The molecule has 0 aliphatic heterocycles. The van der Waals surface area contributed by atoms with Crippen molar-refractivity contribution in [1.29, 1.82) is 0 Å². The molecule has 2 heteroatoms. The van der Waals surface area contributed by atoms with Gasteiger partial charge >= 0.3 is 0 Å². The van der Waals surface area contributed by atoms with Gasteiger partial charge in [0.15, 0.2) is 0 Å². The van der Waals surface area contributed by atoms with Crippen molar-refractivity contribution in [3.8, 4) is 0 Å². The van der Waals surface area contributed by atoms with Gasteiger partial charge in [0, 0.05) is 19.1 Å². The second kappa shape index (κ2) is 8.08. The van der Waals surface area contributed by atoms with Gasteiger partial charge in [-0.1, -0.05) is 41.5 Å². The first-order chi connectivity index (χ1) is 7.42. The van der Waals surface area contributed by atoms with Crippen LogP contribution in [0, 0.1) is 11.8 Å². The van der Waals surface area contributed by atoms with Crippen molar-refractivity contribution in [3.63, 3.8) is 0 Å². The quantitative estimate of drug-likeness (QED) is 0.691. The lowest BCUT2D eigenvalue weighted by Crippen LogP contribution is -2.43. The van der Waals surface area contributed by atoms with E-state index in [-0.39, 0.29) is 6.10 Å². The number of hydrogen-bond acceptors (Lipinski definition) is 2. The van der Waals surface area contributed by atoms with Gasteiger partial charge in [0.05, 0.1) is 6.10 Å². The molecule has 0 rings (SSSR count). The first-order valence-electron chi connectivity index (χ1n) is 6.84. The van der Waals surface area contributed by atoms with Crippen LogP contribution in [0.5, 0.6) is 0 Å². The minimum atomic E-state index is -0.195. The summed E-state index contributed by atoms with van der Waals surface area (Å²) in [7, 11) is 0. The third-order valence-electron chi connectivity index (χ3n) is 3.25. The molecule has 0 heterocycles. The zero-order valence-corrected chi connectivity index (χ0v) is 12.0. The molecule has 0 bridgehead atoms. The summed E-state index contributed by atoms with van der Waals surface area (Å²) in [5, 5.41) is 10.0. The summed E-state index contributed by atoms with van der Waals surface area (Å²) < 4.78 is 0. The Labute approximate surface area is 102 Å². The van der Waals surface area contributed by atoms with E-state index in [0.717, 1.165) is 13.1 Å². The Bertz CT molecular complexity index is 164. The summed E-state index contributed by atoms with van der Waals surface area (Å²) in [4.78, 5) is 2.47. The van der Waals surface area contributed by atoms with Crippen LogP contribution in [0.4, 0.5) is 0 Å². The molecule has 0 aliphatic rings. The molecule has 1 N–H and O–H groups in total. The highest BCUT2D eigenvalue weighted by Crippen LogP contribution is 2.14. The molecule has 1 unspecified atom stereocenters. The van der Waals surface area contributed by atoms with E-state index in [2.05, 4.69) is 46.4 Å². The molecule has 0 saturated carbocycles. The molecule has 0 saturated heterocycles. The second-order valence-corrected chi connectivity index (χ2v) is 5.63. The third-order valence-corrected chi connectivity index (χ3v) is 3.25. The molecule has 0 spiro atoms. The largest absolute Gasteiger partial charge is 0.392 e. The van der Waals surface area contributed by atoms with E-state index in [1.54, 1.807) is 0 Å². The van der Waals surface area contributed by atoms with Gasteiger partial charge in [-0.25, -0.2) is 0 Å². The summed E-state index contributed by atoms with van der Waals surface area (Å²) in [6, 6.07) is 0.621. The van der Waals surface area contributed by atoms with E-state index in [1.165, 1.54) is 12.8 Å². The fourth-order valence-electron chi connectivity index (χ4n) is 2.10. The molecule has 0 aromatic carbocycles. The molecule has 1 atom stereocenters. The number of nitrogens with zero attached hydrogens (tertiary/aromatic N) is 1. The highest BCUT2D eigenvalue weighted by molar-refractivity contribution is 4.75. The monoisotopic (exact) mass is 229 g/mol. The second-order valence-electron chi connectivity index (χ2n) is 5.63. The maximum atomic E-state index is 10.0. The van der Waals surface area contributed by atoms with Crippen molar-refractivity contribution < 1.29 is 5.11 Å². The zero-order chi connectivity index (χ0) is 12.7. The Kier molecular flexibility index (Phi) is 8.04. The SMILES string of the molecule is CCC(CC)N(CC(C)C)CC(O)C(C)C. The summed E-state index contributed by atoms with van der Waals surface area (Å²) >= 11 is 0. The van der Waals surface area contributed by atoms with Crippen LogP contribution in [0.1, 0.15) is 54.4 Å². The van der Waals surface area contributed by atoms with Crippen LogP contribution in [0.25, 0.3) is 0 Å². The Morgan fingerprint density at radius 1 is 0.938 bits per heavy atom. The summed E-state index contributed by atoms with van der Waals surface area (Å²) in [6.45, 7) is 15.1. The Morgan fingerprint density at radius 2 is 1.44 bits per heavy atom. The standard InChI is InChI=1S/C14H31NO/c1-7-13(8-2)15(9-11(3)4)10-14(16)12(5)6/h11-14,16H,7-10H2,1-6H3. The number of aliphatic hydroxyl groups excluding tert-OH is 1. The van der Waals surface area contributed by atoms with E-state index >= 15 is 0 Å². The van der Waals surface area contributed by atoms with Gasteiger partial charge in [0.2, 0.25) is 0 Å². The van der Waals surface area contributed by atoms with Gasteiger partial charge in [-0.3, -0.25) is 4.90 Å². The van der Waals surface area contributed by atoms with Crippen molar-refractivity contribution in [3.05, 3.63) is 0 Å². The Hall–Kier alpha value is -0.0800. The summed E-state index contributed by atoms with van der Waals surface area (Å²) in [5.41, 5.74) is 0. The number of rotatable bonds is 8. The predicted octanol–water partition coefficient (Wildman–Crippen LogP) is 3.15. The Morgan fingerprint density at radius 3 is 1.75 bits per heavy atom. The van der Waals surface area contributed by atoms with Crippen molar-refractivity contribution in [2.75, 3.05) is 13.1 Å². The highest BCUT2D eigenvalue weighted by atomic mass is 16.3. The lowest BCUT2D eigenvalue weighted by atomic mass is 10.0. The lowest BCUT2D eigenvalue weighted by molar-refractivity contribution is 0.0489. The maximum Gasteiger partial charge on any atom is 0.0690 e. The van der Waals surface area contributed by atoms with E-state index in [0.29, 0.717) is 17.9 Å².